The van der Waals surface area contributed by atoms with Gasteiger partial charge in [-0.25, -0.2) is 0 Å². The average Bonchev–Trinajstić information content (AvgIpc) is 2.68. The van der Waals surface area contributed by atoms with Crippen molar-refractivity contribution in [3.63, 3.8) is 0 Å². The van der Waals surface area contributed by atoms with Crippen LogP contribution in [0.2, 0.25) is 0 Å². The standard InChI is InChI=1S/C14H18N2O2/c1-10-3-4-13(12(7-10)8-15)16-9-14(17)5-6-18-11(14)2/h3-4,7,11,16-17H,5-6,9H2,1-2H3. The van der Waals surface area contributed by atoms with Gasteiger partial charge in [-0.05, 0) is 31.5 Å². The molecule has 2 N–H and O–H groups in total. The second kappa shape index (κ2) is 4.97. The molecular weight excluding hydrogens is 228 g/mol. The van der Waals surface area contributed by atoms with E-state index in [1.54, 1.807) is 0 Å². The number of rotatable bonds is 3. The zero-order valence-electron chi connectivity index (χ0n) is 10.7. The SMILES string of the molecule is Cc1ccc(NCC2(O)CCOC2C)c(C#N)c1. The lowest BCUT2D eigenvalue weighted by Crippen LogP contribution is -2.43. The molecule has 1 saturated heterocycles. The summed E-state index contributed by atoms with van der Waals surface area (Å²) >= 11 is 0. The Morgan fingerprint density at radius 3 is 3.00 bits per heavy atom. The minimum absolute atomic E-state index is 0.180. The van der Waals surface area contributed by atoms with E-state index in [0.29, 0.717) is 25.1 Å². The largest absolute Gasteiger partial charge is 0.385 e. The van der Waals surface area contributed by atoms with Gasteiger partial charge in [0.05, 0.1) is 17.4 Å². The van der Waals surface area contributed by atoms with Crippen molar-refractivity contribution in [2.75, 3.05) is 18.5 Å². The van der Waals surface area contributed by atoms with Crippen LogP contribution in [0, 0.1) is 18.3 Å². The van der Waals surface area contributed by atoms with E-state index in [0.717, 1.165) is 11.3 Å². The van der Waals surface area contributed by atoms with Crippen LogP contribution in [0.1, 0.15) is 24.5 Å². The molecule has 1 aromatic rings. The fourth-order valence-electron chi connectivity index (χ4n) is 2.16. The monoisotopic (exact) mass is 246 g/mol. The highest BCUT2D eigenvalue weighted by Gasteiger charge is 2.39. The normalized spacial score (nSPS) is 26.9. The quantitative estimate of drug-likeness (QED) is 0.853. The summed E-state index contributed by atoms with van der Waals surface area (Å²) in [6, 6.07) is 7.81. The van der Waals surface area contributed by atoms with Gasteiger partial charge in [-0.1, -0.05) is 6.07 Å². The van der Waals surface area contributed by atoms with Gasteiger partial charge in [0.25, 0.3) is 0 Å². The number of hydrogen-bond acceptors (Lipinski definition) is 4. The topological polar surface area (TPSA) is 65.3 Å². The predicted molar refractivity (Wildman–Crippen MR) is 69.4 cm³/mol. The van der Waals surface area contributed by atoms with Gasteiger partial charge in [0, 0.05) is 19.6 Å². The highest BCUT2D eigenvalue weighted by atomic mass is 16.5. The number of nitrogens with zero attached hydrogens (tertiary/aromatic N) is 1. The molecule has 0 aliphatic carbocycles. The van der Waals surface area contributed by atoms with Crippen LogP contribution >= 0.6 is 0 Å². The molecule has 1 aliphatic heterocycles. The van der Waals surface area contributed by atoms with Gasteiger partial charge in [0.2, 0.25) is 0 Å². The van der Waals surface area contributed by atoms with Crippen molar-refractivity contribution in [2.45, 2.75) is 32.0 Å². The maximum Gasteiger partial charge on any atom is 0.110 e. The summed E-state index contributed by atoms with van der Waals surface area (Å²) in [6.45, 7) is 4.80. The molecule has 0 amide bonds. The molecule has 1 heterocycles. The summed E-state index contributed by atoms with van der Waals surface area (Å²) in [6.07, 6.45) is 0.440. The van der Waals surface area contributed by atoms with E-state index in [2.05, 4.69) is 11.4 Å². The Bertz CT molecular complexity index is 481. The Kier molecular flexibility index (Phi) is 3.55. The Morgan fingerprint density at radius 2 is 2.39 bits per heavy atom. The Balaban J connectivity index is 2.09. The van der Waals surface area contributed by atoms with E-state index >= 15 is 0 Å². The Hall–Kier alpha value is -1.57. The van der Waals surface area contributed by atoms with Crippen molar-refractivity contribution in [2.24, 2.45) is 0 Å². The summed E-state index contributed by atoms with van der Waals surface area (Å²) < 4.78 is 5.38. The molecule has 0 saturated carbocycles. The third kappa shape index (κ3) is 2.47. The average molecular weight is 246 g/mol. The summed E-state index contributed by atoms with van der Waals surface area (Å²) in [5, 5.41) is 22.6. The lowest BCUT2D eigenvalue weighted by atomic mass is 9.96. The van der Waals surface area contributed by atoms with Crippen LogP contribution in [-0.2, 0) is 4.74 Å². The fourth-order valence-corrected chi connectivity index (χ4v) is 2.16. The second-order valence-corrected chi connectivity index (χ2v) is 4.88. The number of nitrogens with one attached hydrogen (secondary N) is 1. The highest BCUT2D eigenvalue weighted by Crippen LogP contribution is 2.26. The lowest BCUT2D eigenvalue weighted by molar-refractivity contribution is -0.0175. The molecule has 0 bridgehead atoms. The van der Waals surface area contributed by atoms with Crippen LogP contribution in [0.5, 0.6) is 0 Å². The van der Waals surface area contributed by atoms with Crippen molar-refractivity contribution in [3.8, 4) is 6.07 Å². The minimum atomic E-state index is -0.850. The molecule has 0 radical (unpaired) electrons. The van der Waals surface area contributed by atoms with E-state index in [1.807, 2.05) is 32.0 Å². The Morgan fingerprint density at radius 1 is 1.61 bits per heavy atom. The fraction of sp³-hybridized carbons (Fsp3) is 0.500. The van der Waals surface area contributed by atoms with Crippen molar-refractivity contribution < 1.29 is 9.84 Å². The van der Waals surface area contributed by atoms with Crippen LogP contribution in [0.25, 0.3) is 0 Å². The maximum absolute atomic E-state index is 10.4. The minimum Gasteiger partial charge on any atom is -0.385 e. The molecule has 2 rings (SSSR count). The molecule has 4 nitrogen and oxygen atoms in total. The van der Waals surface area contributed by atoms with E-state index in [9.17, 15) is 5.11 Å². The molecule has 0 aromatic heterocycles. The predicted octanol–water partition coefficient (Wildman–Crippen LogP) is 1.82. The first-order chi connectivity index (χ1) is 8.55. The van der Waals surface area contributed by atoms with Crippen LogP contribution in [-0.4, -0.2) is 30.0 Å². The van der Waals surface area contributed by atoms with Gasteiger partial charge in [-0.15, -0.1) is 0 Å². The molecule has 2 unspecified atom stereocenters. The summed E-state index contributed by atoms with van der Waals surface area (Å²) in [5.41, 5.74) is 1.56. The molecule has 1 aromatic carbocycles. The molecule has 0 spiro atoms. The number of nitriles is 1. The number of aryl methyl sites for hydroxylation is 1. The maximum atomic E-state index is 10.4. The molecule has 2 atom stereocenters. The second-order valence-electron chi connectivity index (χ2n) is 4.88. The number of aliphatic hydroxyl groups is 1. The van der Waals surface area contributed by atoms with Gasteiger partial charge < -0.3 is 15.2 Å². The van der Waals surface area contributed by atoms with Crippen LogP contribution < -0.4 is 5.32 Å². The van der Waals surface area contributed by atoms with Crippen LogP contribution in [0.3, 0.4) is 0 Å². The lowest BCUT2D eigenvalue weighted by Gasteiger charge is -2.26. The van der Waals surface area contributed by atoms with E-state index < -0.39 is 5.60 Å². The number of hydrogen-bond donors (Lipinski definition) is 2. The van der Waals surface area contributed by atoms with Gasteiger partial charge in [-0.2, -0.15) is 5.26 Å². The third-order valence-corrected chi connectivity index (χ3v) is 3.54. The molecular formula is C14H18N2O2. The van der Waals surface area contributed by atoms with Gasteiger partial charge in [-0.3, -0.25) is 0 Å². The third-order valence-electron chi connectivity index (χ3n) is 3.54. The zero-order chi connectivity index (χ0) is 13.2. The highest BCUT2D eigenvalue weighted by molar-refractivity contribution is 5.58. The van der Waals surface area contributed by atoms with E-state index in [4.69, 9.17) is 10.00 Å². The van der Waals surface area contributed by atoms with Crippen molar-refractivity contribution in [3.05, 3.63) is 29.3 Å². The number of benzene rings is 1. The first-order valence-electron chi connectivity index (χ1n) is 6.14. The summed E-state index contributed by atoms with van der Waals surface area (Å²) in [4.78, 5) is 0. The van der Waals surface area contributed by atoms with Gasteiger partial charge in [0.15, 0.2) is 0 Å². The smallest absolute Gasteiger partial charge is 0.110 e. The van der Waals surface area contributed by atoms with Gasteiger partial charge in [0.1, 0.15) is 11.7 Å². The molecule has 1 aliphatic rings. The van der Waals surface area contributed by atoms with Crippen molar-refractivity contribution in [1.82, 2.24) is 0 Å². The Labute approximate surface area is 107 Å². The van der Waals surface area contributed by atoms with Crippen molar-refractivity contribution in [1.29, 1.82) is 5.26 Å². The molecule has 18 heavy (non-hydrogen) atoms. The summed E-state index contributed by atoms with van der Waals surface area (Å²) in [5.74, 6) is 0. The molecule has 4 heteroatoms. The van der Waals surface area contributed by atoms with Gasteiger partial charge >= 0.3 is 0 Å². The van der Waals surface area contributed by atoms with Crippen LogP contribution in [0.4, 0.5) is 5.69 Å². The summed E-state index contributed by atoms with van der Waals surface area (Å²) in [7, 11) is 0. The van der Waals surface area contributed by atoms with Crippen molar-refractivity contribution >= 4 is 5.69 Å². The first-order valence-corrected chi connectivity index (χ1v) is 6.14. The first kappa shape index (κ1) is 12.9. The van der Waals surface area contributed by atoms with E-state index in [-0.39, 0.29) is 6.10 Å². The number of ether oxygens (including phenoxy) is 1. The molecule has 1 fully saturated rings. The molecule has 96 valence electrons. The van der Waals surface area contributed by atoms with E-state index in [1.165, 1.54) is 0 Å². The number of anilines is 1. The van der Waals surface area contributed by atoms with Crippen LogP contribution in [0.15, 0.2) is 18.2 Å². The zero-order valence-corrected chi connectivity index (χ0v) is 10.7.